The van der Waals surface area contributed by atoms with Crippen LogP contribution in [0.2, 0.25) is 0 Å². The van der Waals surface area contributed by atoms with Crippen LogP contribution in [0.15, 0.2) is 34.4 Å². The van der Waals surface area contributed by atoms with E-state index < -0.39 is 0 Å². The van der Waals surface area contributed by atoms with E-state index in [1.54, 1.807) is 17.5 Å². The number of H-pyrrole nitrogens is 1. The number of nitrogens with one attached hydrogen (secondary N) is 1. The van der Waals surface area contributed by atoms with E-state index in [4.69, 9.17) is 0 Å². The largest absolute Gasteiger partial charge is 0.257 e. The molecule has 0 saturated carbocycles. The summed E-state index contributed by atoms with van der Waals surface area (Å²) in [6.07, 6.45) is 1.41. The Kier molecular flexibility index (Phi) is 2.92. The second-order valence-corrected chi connectivity index (χ2v) is 5.27. The van der Waals surface area contributed by atoms with Crippen LogP contribution in [0, 0.1) is 5.82 Å². The van der Waals surface area contributed by atoms with Gasteiger partial charge in [0.25, 0.3) is 0 Å². The van der Waals surface area contributed by atoms with Crippen LogP contribution in [-0.4, -0.2) is 20.2 Å². The number of nitrogens with zero attached hydrogens (tertiary/aromatic N) is 3. The summed E-state index contributed by atoms with van der Waals surface area (Å²) in [6, 6.07) is 4.90. The Hall–Kier alpha value is -1.60. The Morgan fingerprint density at radius 1 is 1.33 bits per heavy atom. The third-order valence-corrected chi connectivity index (χ3v) is 3.67. The fourth-order valence-corrected chi connectivity index (χ4v) is 2.61. The summed E-state index contributed by atoms with van der Waals surface area (Å²) >= 11 is 4.62. The Morgan fingerprint density at radius 2 is 2.22 bits per heavy atom. The van der Waals surface area contributed by atoms with Gasteiger partial charge in [-0.1, -0.05) is 15.9 Å². The van der Waals surface area contributed by atoms with Crippen LogP contribution >= 0.6 is 27.3 Å². The smallest absolute Gasteiger partial charge is 0.184 e. The molecule has 3 rings (SSSR count). The molecule has 4 nitrogen and oxygen atoms in total. The van der Waals surface area contributed by atoms with Crippen molar-refractivity contribution < 1.29 is 4.39 Å². The van der Waals surface area contributed by atoms with Gasteiger partial charge in [-0.05, 0) is 18.2 Å². The molecule has 0 fully saturated rings. The highest BCUT2D eigenvalue weighted by atomic mass is 79.9. The van der Waals surface area contributed by atoms with Gasteiger partial charge in [0.1, 0.15) is 12.1 Å². The molecule has 3 aromatic rings. The zero-order valence-electron chi connectivity index (χ0n) is 8.89. The van der Waals surface area contributed by atoms with Gasteiger partial charge >= 0.3 is 0 Å². The maximum Gasteiger partial charge on any atom is 0.184 e. The number of aromatic nitrogens is 4. The van der Waals surface area contributed by atoms with Crippen molar-refractivity contribution in [3.63, 3.8) is 0 Å². The molecule has 0 radical (unpaired) electrons. The summed E-state index contributed by atoms with van der Waals surface area (Å²) in [5, 5.41) is 8.97. The lowest BCUT2D eigenvalue weighted by Gasteiger charge is -1.99. The van der Waals surface area contributed by atoms with Gasteiger partial charge in [-0.2, -0.15) is 5.10 Å². The van der Waals surface area contributed by atoms with Gasteiger partial charge in [0, 0.05) is 15.4 Å². The number of aromatic amines is 1. The summed E-state index contributed by atoms with van der Waals surface area (Å²) in [5.74, 6) is 0.280. The minimum absolute atomic E-state index is 0.307. The second kappa shape index (κ2) is 4.58. The van der Waals surface area contributed by atoms with Gasteiger partial charge in [-0.15, -0.1) is 11.3 Å². The normalized spacial score (nSPS) is 10.8. The van der Waals surface area contributed by atoms with Gasteiger partial charge in [0.2, 0.25) is 0 Å². The first-order valence-corrected chi connectivity index (χ1v) is 6.68. The van der Waals surface area contributed by atoms with Crippen LogP contribution in [0.5, 0.6) is 0 Å². The molecule has 2 aromatic heterocycles. The summed E-state index contributed by atoms with van der Waals surface area (Å²) in [4.78, 5) is 8.35. The maximum atomic E-state index is 13.8. The fourth-order valence-electron chi connectivity index (χ4n) is 1.51. The molecular formula is C11H6BrFN4S. The van der Waals surface area contributed by atoms with Crippen molar-refractivity contribution in [2.75, 3.05) is 0 Å². The van der Waals surface area contributed by atoms with Gasteiger partial charge < -0.3 is 0 Å². The van der Waals surface area contributed by atoms with Crippen LogP contribution in [-0.2, 0) is 0 Å². The van der Waals surface area contributed by atoms with E-state index in [1.807, 2.05) is 0 Å². The number of benzene rings is 1. The van der Waals surface area contributed by atoms with Crippen molar-refractivity contribution in [2.24, 2.45) is 0 Å². The van der Waals surface area contributed by atoms with Crippen LogP contribution in [0.3, 0.4) is 0 Å². The Balaban J connectivity index is 2.03. The topological polar surface area (TPSA) is 54.5 Å². The number of hydrogen-bond donors (Lipinski definition) is 1. The molecule has 0 spiro atoms. The first-order valence-electron chi connectivity index (χ1n) is 5.01. The number of hydrogen-bond acceptors (Lipinski definition) is 4. The minimum Gasteiger partial charge on any atom is -0.257 e. The zero-order chi connectivity index (χ0) is 12.5. The third kappa shape index (κ3) is 2.06. The highest BCUT2D eigenvalue weighted by Crippen LogP contribution is 2.29. The van der Waals surface area contributed by atoms with Gasteiger partial charge in [-0.3, -0.25) is 5.10 Å². The minimum atomic E-state index is -0.307. The lowest BCUT2D eigenvalue weighted by Crippen LogP contribution is -1.85. The van der Waals surface area contributed by atoms with Crippen molar-refractivity contribution in [2.45, 2.75) is 0 Å². The summed E-state index contributed by atoms with van der Waals surface area (Å²) < 4.78 is 14.5. The third-order valence-electron chi connectivity index (χ3n) is 2.33. The van der Waals surface area contributed by atoms with E-state index in [1.165, 1.54) is 23.7 Å². The zero-order valence-corrected chi connectivity index (χ0v) is 11.3. The van der Waals surface area contributed by atoms with E-state index in [-0.39, 0.29) is 5.82 Å². The van der Waals surface area contributed by atoms with Gasteiger partial charge in [0.05, 0.1) is 5.69 Å². The van der Waals surface area contributed by atoms with Crippen LogP contribution in [0.4, 0.5) is 4.39 Å². The molecule has 90 valence electrons. The quantitative estimate of drug-likeness (QED) is 0.785. The standard InChI is InChI=1S/C11H6BrFN4S/c12-6-1-2-7(8(13)3-6)9-4-18-11(16-9)10-14-5-15-17-10/h1-5H,(H,14,15,17). The van der Waals surface area contributed by atoms with E-state index >= 15 is 0 Å². The van der Waals surface area contributed by atoms with E-state index in [0.717, 1.165) is 0 Å². The molecule has 0 unspecified atom stereocenters. The monoisotopic (exact) mass is 324 g/mol. The van der Waals surface area contributed by atoms with Gasteiger partial charge in [0.15, 0.2) is 10.8 Å². The molecule has 18 heavy (non-hydrogen) atoms. The Morgan fingerprint density at radius 3 is 2.94 bits per heavy atom. The number of thiazole rings is 1. The van der Waals surface area contributed by atoms with Crippen molar-refractivity contribution in [3.05, 3.63) is 40.2 Å². The van der Waals surface area contributed by atoms with Crippen molar-refractivity contribution >= 4 is 27.3 Å². The molecule has 1 N–H and O–H groups in total. The lowest BCUT2D eigenvalue weighted by molar-refractivity contribution is 0.630. The average Bonchev–Trinajstić information content (AvgIpc) is 2.99. The second-order valence-electron chi connectivity index (χ2n) is 3.50. The lowest BCUT2D eigenvalue weighted by atomic mass is 10.1. The van der Waals surface area contributed by atoms with Crippen molar-refractivity contribution in [1.82, 2.24) is 20.2 Å². The molecule has 0 aliphatic rings. The molecule has 0 aliphatic carbocycles. The maximum absolute atomic E-state index is 13.8. The molecule has 0 bridgehead atoms. The first kappa shape index (κ1) is 11.5. The Labute approximate surface area is 114 Å². The molecule has 7 heteroatoms. The summed E-state index contributed by atoms with van der Waals surface area (Å²) in [5.41, 5.74) is 1.07. The highest BCUT2D eigenvalue weighted by molar-refractivity contribution is 9.10. The molecule has 0 aliphatic heterocycles. The van der Waals surface area contributed by atoms with E-state index in [2.05, 4.69) is 36.1 Å². The Bertz CT molecular complexity index is 680. The van der Waals surface area contributed by atoms with E-state index in [9.17, 15) is 4.39 Å². The molecule has 0 saturated heterocycles. The number of halogens is 2. The predicted molar refractivity (Wildman–Crippen MR) is 70.6 cm³/mol. The molecule has 0 atom stereocenters. The predicted octanol–water partition coefficient (Wildman–Crippen LogP) is 3.50. The van der Waals surface area contributed by atoms with Gasteiger partial charge in [-0.25, -0.2) is 14.4 Å². The average molecular weight is 325 g/mol. The van der Waals surface area contributed by atoms with Crippen molar-refractivity contribution in [1.29, 1.82) is 0 Å². The summed E-state index contributed by atoms with van der Waals surface area (Å²) in [6.45, 7) is 0. The molecule has 0 amide bonds. The SMILES string of the molecule is Fc1cc(Br)ccc1-c1csc(-c2ncn[nH]2)n1. The van der Waals surface area contributed by atoms with Crippen LogP contribution in [0.1, 0.15) is 0 Å². The van der Waals surface area contributed by atoms with E-state index in [0.29, 0.717) is 26.6 Å². The molecule has 2 heterocycles. The van der Waals surface area contributed by atoms with Crippen LogP contribution < -0.4 is 0 Å². The summed E-state index contributed by atoms with van der Waals surface area (Å²) in [7, 11) is 0. The fraction of sp³-hybridized carbons (Fsp3) is 0. The van der Waals surface area contributed by atoms with Crippen molar-refractivity contribution in [3.8, 4) is 22.1 Å². The molecular weight excluding hydrogens is 319 g/mol. The molecule has 1 aromatic carbocycles. The number of rotatable bonds is 2. The van der Waals surface area contributed by atoms with Crippen LogP contribution in [0.25, 0.3) is 22.1 Å². The highest BCUT2D eigenvalue weighted by Gasteiger charge is 2.12. The first-order chi connectivity index (χ1) is 8.74.